The van der Waals surface area contributed by atoms with Crippen molar-refractivity contribution >= 4 is 34.1 Å². The molecular weight excluding hydrogens is 316 g/mol. The first-order valence-electron chi connectivity index (χ1n) is 7.14. The Labute approximate surface area is 138 Å². The number of thioether (sulfide) groups is 1. The molecule has 1 atom stereocenters. The lowest BCUT2D eigenvalue weighted by molar-refractivity contribution is -0.119. The van der Waals surface area contributed by atoms with Gasteiger partial charge >= 0.3 is 0 Å². The number of hydrogen-bond donors (Lipinski definition) is 2. The standard InChI is InChI=1S/C15H20N4OS2/c1-4-11-5-7-12(8-6-11)10(2)17-13(20)9-21-15-19-18-14(16-3)22-15/h5-8,10H,4,9H2,1-3H3,(H,16,18)(H,17,20)/t10-/m1/s1. The van der Waals surface area contributed by atoms with E-state index in [4.69, 9.17) is 0 Å². The number of aryl methyl sites for hydroxylation is 1. The van der Waals surface area contributed by atoms with E-state index in [1.165, 1.54) is 28.7 Å². The van der Waals surface area contributed by atoms with Crippen LogP contribution in [0, 0.1) is 0 Å². The highest BCUT2D eigenvalue weighted by Crippen LogP contribution is 2.25. The van der Waals surface area contributed by atoms with Crippen LogP contribution in [0.5, 0.6) is 0 Å². The van der Waals surface area contributed by atoms with Crippen molar-refractivity contribution < 1.29 is 4.79 Å². The molecule has 2 rings (SSSR count). The number of carbonyl (C=O) groups excluding carboxylic acids is 1. The fraction of sp³-hybridized carbons (Fsp3) is 0.400. The number of carbonyl (C=O) groups is 1. The van der Waals surface area contributed by atoms with Crippen molar-refractivity contribution in [3.05, 3.63) is 35.4 Å². The second-order valence-corrected chi connectivity index (χ2v) is 7.00. The molecule has 2 aromatic rings. The van der Waals surface area contributed by atoms with E-state index in [-0.39, 0.29) is 11.9 Å². The van der Waals surface area contributed by atoms with Crippen LogP contribution in [0.4, 0.5) is 5.13 Å². The molecule has 0 spiro atoms. The van der Waals surface area contributed by atoms with E-state index in [2.05, 4.69) is 52.0 Å². The third kappa shape index (κ3) is 4.71. The van der Waals surface area contributed by atoms with Gasteiger partial charge in [0, 0.05) is 7.05 Å². The summed E-state index contributed by atoms with van der Waals surface area (Å²) < 4.78 is 0.791. The average molecular weight is 336 g/mol. The summed E-state index contributed by atoms with van der Waals surface area (Å²) in [6.45, 7) is 4.12. The second-order valence-electron chi connectivity index (χ2n) is 4.80. The summed E-state index contributed by atoms with van der Waals surface area (Å²) in [6.07, 6.45) is 1.02. The van der Waals surface area contributed by atoms with Gasteiger partial charge in [-0.2, -0.15) is 0 Å². The molecule has 0 fully saturated rings. The minimum atomic E-state index is -0.00160. The summed E-state index contributed by atoms with van der Waals surface area (Å²) in [6, 6.07) is 8.35. The summed E-state index contributed by atoms with van der Waals surface area (Å²) >= 11 is 2.84. The Kier molecular flexibility index (Phi) is 6.21. The SMILES string of the molecule is CCc1ccc([C@@H](C)NC(=O)CSc2nnc(NC)s2)cc1. The normalized spacial score (nSPS) is 12.0. The predicted molar refractivity (Wildman–Crippen MR) is 92.6 cm³/mol. The van der Waals surface area contributed by atoms with Gasteiger partial charge in [-0.25, -0.2) is 0 Å². The number of aromatic nitrogens is 2. The first kappa shape index (κ1) is 16.8. The molecule has 0 saturated carbocycles. The lowest BCUT2D eigenvalue weighted by Crippen LogP contribution is -2.28. The molecule has 0 saturated heterocycles. The summed E-state index contributed by atoms with van der Waals surface area (Å²) in [5.41, 5.74) is 2.42. The summed E-state index contributed by atoms with van der Waals surface area (Å²) in [5, 5.41) is 14.6. The van der Waals surface area contributed by atoms with Crippen LogP contribution in [-0.2, 0) is 11.2 Å². The molecule has 1 amide bonds. The Morgan fingerprint density at radius 2 is 2.05 bits per heavy atom. The zero-order valence-corrected chi connectivity index (χ0v) is 14.6. The molecule has 5 nitrogen and oxygen atoms in total. The van der Waals surface area contributed by atoms with E-state index in [0.29, 0.717) is 5.75 Å². The fourth-order valence-corrected chi connectivity index (χ4v) is 3.42. The summed E-state index contributed by atoms with van der Waals surface area (Å²) in [7, 11) is 1.80. The maximum atomic E-state index is 12.0. The minimum absolute atomic E-state index is 0.00120. The number of nitrogens with one attached hydrogen (secondary N) is 2. The van der Waals surface area contributed by atoms with E-state index >= 15 is 0 Å². The Hall–Kier alpha value is -1.60. The molecule has 1 heterocycles. The van der Waals surface area contributed by atoms with Crippen molar-refractivity contribution in [2.24, 2.45) is 0 Å². The average Bonchev–Trinajstić information content (AvgIpc) is 3.01. The molecule has 0 aliphatic heterocycles. The van der Waals surface area contributed by atoms with Crippen molar-refractivity contribution in [1.29, 1.82) is 0 Å². The number of anilines is 1. The van der Waals surface area contributed by atoms with Crippen LogP contribution >= 0.6 is 23.1 Å². The molecule has 0 aliphatic carbocycles. The van der Waals surface area contributed by atoms with Gasteiger partial charge in [0.1, 0.15) is 0 Å². The van der Waals surface area contributed by atoms with E-state index in [0.717, 1.165) is 21.5 Å². The van der Waals surface area contributed by atoms with Crippen molar-refractivity contribution in [1.82, 2.24) is 15.5 Å². The van der Waals surface area contributed by atoms with Crippen LogP contribution < -0.4 is 10.6 Å². The number of benzene rings is 1. The summed E-state index contributed by atoms with van der Waals surface area (Å²) in [5.74, 6) is 0.341. The van der Waals surface area contributed by atoms with Crippen molar-refractivity contribution in [3.63, 3.8) is 0 Å². The van der Waals surface area contributed by atoms with Crippen molar-refractivity contribution in [2.75, 3.05) is 18.1 Å². The molecule has 0 unspecified atom stereocenters. The van der Waals surface area contributed by atoms with Gasteiger partial charge in [0.05, 0.1) is 11.8 Å². The van der Waals surface area contributed by atoms with Gasteiger partial charge in [0.2, 0.25) is 11.0 Å². The molecule has 0 bridgehead atoms. The Morgan fingerprint density at radius 1 is 1.32 bits per heavy atom. The largest absolute Gasteiger partial charge is 0.363 e. The van der Waals surface area contributed by atoms with Crippen LogP contribution in [0.1, 0.15) is 31.0 Å². The first-order valence-corrected chi connectivity index (χ1v) is 8.94. The Balaban J connectivity index is 1.82. The van der Waals surface area contributed by atoms with Gasteiger partial charge < -0.3 is 10.6 Å². The molecule has 0 radical (unpaired) electrons. The second kappa shape index (κ2) is 8.14. The third-order valence-electron chi connectivity index (χ3n) is 3.21. The molecule has 22 heavy (non-hydrogen) atoms. The van der Waals surface area contributed by atoms with Gasteiger partial charge in [-0.1, -0.05) is 54.3 Å². The topological polar surface area (TPSA) is 66.9 Å². The number of amides is 1. The van der Waals surface area contributed by atoms with Crippen LogP contribution in [0.2, 0.25) is 0 Å². The fourth-order valence-electron chi connectivity index (χ4n) is 1.90. The molecule has 1 aromatic heterocycles. The zero-order valence-electron chi connectivity index (χ0n) is 12.9. The van der Waals surface area contributed by atoms with Crippen LogP contribution in [-0.4, -0.2) is 28.9 Å². The van der Waals surface area contributed by atoms with E-state index in [1.807, 2.05) is 6.92 Å². The van der Waals surface area contributed by atoms with Crippen LogP contribution in [0.15, 0.2) is 28.6 Å². The smallest absolute Gasteiger partial charge is 0.230 e. The maximum absolute atomic E-state index is 12.0. The first-order chi connectivity index (χ1) is 10.6. The van der Waals surface area contributed by atoms with E-state index in [9.17, 15) is 4.79 Å². The highest BCUT2D eigenvalue weighted by molar-refractivity contribution is 8.01. The van der Waals surface area contributed by atoms with Crippen molar-refractivity contribution in [3.8, 4) is 0 Å². The predicted octanol–water partition coefficient (Wildman–Crippen LogP) is 3.11. The number of rotatable bonds is 7. The van der Waals surface area contributed by atoms with Crippen LogP contribution in [0.3, 0.4) is 0 Å². The van der Waals surface area contributed by atoms with E-state index in [1.54, 1.807) is 7.05 Å². The molecule has 2 N–H and O–H groups in total. The molecule has 1 aromatic carbocycles. The highest BCUT2D eigenvalue weighted by atomic mass is 32.2. The van der Waals surface area contributed by atoms with Gasteiger partial charge in [0.25, 0.3) is 0 Å². The monoisotopic (exact) mass is 336 g/mol. The molecular formula is C15H20N4OS2. The zero-order chi connectivity index (χ0) is 15.9. The Morgan fingerprint density at radius 3 is 2.64 bits per heavy atom. The molecule has 118 valence electrons. The highest BCUT2D eigenvalue weighted by Gasteiger charge is 2.11. The van der Waals surface area contributed by atoms with Gasteiger partial charge in [-0.05, 0) is 24.5 Å². The van der Waals surface area contributed by atoms with Crippen LogP contribution in [0.25, 0.3) is 0 Å². The quantitative estimate of drug-likeness (QED) is 0.761. The third-order valence-corrected chi connectivity index (χ3v) is 5.29. The van der Waals surface area contributed by atoms with Gasteiger partial charge in [-0.3, -0.25) is 4.79 Å². The van der Waals surface area contributed by atoms with Gasteiger partial charge in [-0.15, -0.1) is 10.2 Å². The van der Waals surface area contributed by atoms with Gasteiger partial charge in [0.15, 0.2) is 4.34 Å². The molecule has 0 aliphatic rings. The molecule has 7 heteroatoms. The van der Waals surface area contributed by atoms with Crippen molar-refractivity contribution in [2.45, 2.75) is 30.6 Å². The lowest BCUT2D eigenvalue weighted by atomic mass is 10.1. The van der Waals surface area contributed by atoms with E-state index < -0.39 is 0 Å². The Bertz CT molecular complexity index is 612. The number of nitrogens with zero attached hydrogens (tertiary/aromatic N) is 2. The summed E-state index contributed by atoms with van der Waals surface area (Å²) in [4.78, 5) is 12.0. The maximum Gasteiger partial charge on any atom is 0.230 e. The minimum Gasteiger partial charge on any atom is -0.363 e. The number of hydrogen-bond acceptors (Lipinski definition) is 6. The lowest BCUT2D eigenvalue weighted by Gasteiger charge is -2.14.